The van der Waals surface area contributed by atoms with Crippen molar-refractivity contribution in [1.29, 1.82) is 0 Å². The Hall–Kier alpha value is -3.08. The molecule has 0 bridgehead atoms. The number of benzene rings is 2. The predicted octanol–water partition coefficient (Wildman–Crippen LogP) is 3.94. The summed E-state index contributed by atoms with van der Waals surface area (Å²) in [5, 5.41) is 8.73. The fourth-order valence-electron chi connectivity index (χ4n) is 2.63. The topological polar surface area (TPSA) is 64.4 Å². The summed E-state index contributed by atoms with van der Waals surface area (Å²) in [6.07, 6.45) is 1.64. The molecule has 0 unspecified atom stereocenters. The van der Waals surface area contributed by atoms with E-state index in [0.717, 1.165) is 27.8 Å². The maximum absolute atomic E-state index is 12.5. The summed E-state index contributed by atoms with van der Waals surface area (Å²) in [4.78, 5) is 12.5. The van der Waals surface area contributed by atoms with Crippen molar-refractivity contribution >= 4 is 16.7 Å². The van der Waals surface area contributed by atoms with E-state index in [2.05, 4.69) is 17.1 Å². The van der Waals surface area contributed by atoms with Crippen LogP contribution in [0.15, 0.2) is 53.6 Å². The molecule has 0 radical (unpaired) electrons. The zero-order valence-electron chi connectivity index (χ0n) is 14.3. The lowest BCUT2D eigenvalue weighted by Crippen LogP contribution is -2.23. The molecule has 0 saturated carbocycles. The van der Waals surface area contributed by atoms with Crippen molar-refractivity contribution < 1.29 is 14.1 Å². The third-order valence-corrected chi connectivity index (χ3v) is 4.05. The van der Waals surface area contributed by atoms with E-state index in [-0.39, 0.29) is 5.91 Å². The molecule has 0 saturated heterocycles. The van der Waals surface area contributed by atoms with Gasteiger partial charge in [0.05, 0.1) is 16.8 Å². The standard InChI is InChI=1S/C20H20N2O3/c1-4-9-21-20(23)17-10-15-7-5-6-8-16(15)11-19(17)24-12-18-13(2)22-25-14(18)3/h4-8,10-11H,1,9,12H2,2-3H3,(H,21,23). The Morgan fingerprint density at radius 2 is 2.00 bits per heavy atom. The van der Waals surface area contributed by atoms with Crippen LogP contribution in [0.4, 0.5) is 0 Å². The number of carbonyl (C=O) groups is 1. The molecule has 0 aliphatic rings. The number of nitrogens with zero attached hydrogens (tertiary/aromatic N) is 1. The van der Waals surface area contributed by atoms with E-state index in [9.17, 15) is 4.79 Å². The lowest BCUT2D eigenvalue weighted by molar-refractivity contribution is 0.0953. The van der Waals surface area contributed by atoms with E-state index >= 15 is 0 Å². The summed E-state index contributed by atoms with van der Waals surface area (Å²) >= 11 is 0. The molecule has 3 aromatic rings. The molecule has 0 atom stereocenters. The van der Waals surface area contributed by atoms with Crippen molar-refractivity contribution in [2.45, 2.75) is 20.5 Å². The Morgan fingerprint density at radius 1 is 1.28 bits per heavy atom. The maximum atomic E-state index is 12.5. The zero-order chi connectivity index (χ0) is 17.8. The summed E-state index contributed by atoms with van der Waals surface area (Å²) in [5.74, 6) is 1.05. The van der Waals surface area contributed by atoms with Crippen molar-refractivity contribution in [3.8, 4) is 5.75 Å². The van der Waals surface area contributed by atoms with Gasteiger partial charge < -0.3 is 14.6 Å². The van der Waals surface area contributed by atoms with Gasteiger partial charge in [-0.25, -0.2) is 0 Å². The van der Waals surface area contributed by atoms with E-state index in [0.29, 0.717) is 24.5 Å². The molecule has 5 nitrogen and oxygen atoms in total. The fourth-order valence-corrected chi connectivity index (χ4v) is 2.63. The van der Waals surface area contributed by atoms with Crippen LogP contribution in [0.1, 0.15) is 27.4 Å². The van der Waals surface area contributed by atoms with Crippen molar-refractivity contribution in [1.82, 2.24) is 10.5 Å². The van der Waals surface area contributed by atoms with Gasteiger partial charge >= 0.3 is 0 Å². The molecule has 1 heterocycles. The first-order valence-electron chi connectivity index (χ1n) is 8.06. The number of amides is 1. The van der Waals surface area contributed by atoms with Gasteiger partial charge in [-0.15, -0.1) is 6.58 Å². The minimum atomic E-state index is -0.195. The smallest absolute Gasteiger partial charge is 0.255 e. The Balaban J connectivity index is 1.96. The second-order valence-corrected chi connectivity index (χ2v) is 5.79. The summed E-state index contributed by atoms with van der Waals surface area (Å²) in [6, 6.07) is 11.6. The van der Waals surface area contributed by atoms with E-state index in [1.54, 1.807) is 6.08 Å². The highest BCUT2D eigenvalue weighted by Crippen LogP contribution is 2.27. The number of hydrogen-bond donors (Lipinski definition) is 1. The molecule has 1 amide bonds. The van der Waals surface area contributed by atoms with E-state index in [1.807, 2.05) is 50.2 Å². The zero-order valence-corrected chi connectivity index (χ0v) is 14.3. The van der Waals surface area contributed by atoms with Gasteiger partial charge in [0.15, 0.2) is 0 Å². The van der Waals surface area contributed by atoms with Crippen LogP contribution in [-0.2, 0) is 6.61 Å². The molecular formula is C20H20N2O3. The number of carbonyl (C=O) groups excluding carboxylic acids is 1. The fraction of sp³-hybridized carbons (Fsp3) is 0.200. The highest BCUT2D eigenvalue weighted by molar-refractivity contribution is 6.01. The van der Waals surface area contributed by atoms with Gasteiger partial charge in [0.2, 0.25) is 0 Å². The minimum absolute atomic E-state index is 0.195. The van der Waals surface area contributed by atoms with Crippen molar-refractivity contribution in [3.05, 3.63) is 71.6 Å². The summed E-state index contributed by atoms with van der Waals surface area (Å²) in [6.45, 7) is 8.03. The lowest BCUT2D eigenvalue weighted by atomic mass is 10.1. The highest BCUT2D eigenvalue weighted by atomic mass is 16.5. The second kappa shape index (κ2) is 7.21. The summed E-state index contributed by atoms with van der Waals surface area (Å²) in [5.41, 5.74) is 2.17. The van der Waals surface area contributed by atoms with Gasteiger partial charge in [0, 0.05) is 6.54 Å². The minimum Gasteiger partial charge on any atom is -0.488 e. The Labute approximate surface area is 146 Å². The number of nitrogens with one attached hydrogen (secondary N) is 1. The first-order chi connectivity index (χ1) is 12.1. The van der Waals surface area contributed by atoms with Crippen LogP contribution < -0.4 is 10.1 Å². The van der Waals surface area contributed by atoms with Crippen molar-refractivity contribution in [3.63, 3.8) is 0 Å². The molecule has 25 heavy (non-hydrogen) atoms. The van der Waals surface area contributed by atoms with Gasteiger partial charge in [0.1, 0.15) is 18.1 Å². The van der Waals surface area contributed by atoms with Crippen LogP contribution in [0.2, 0.25) is 0 Å². The second-order valence-electron chi connectivity index (χ2n) is 5.79. The number of rotatable bonds is 6. The van der Waals surface area contributed by atoms with Crippen molar-refractivity contribution in [2.75, 3.05) is 6.54 Å². The molecule has 2 aromatic carbocycles. The van der Waals surface area contributed by atoms with E-state index in [1.165, 1.54) is 0 Å². The average molecular weight is 336 g/mol. The number of aryl methyl sites for hydroxylation is 2. The van der Waals surface area contributed by atoms with Gasteiger partial charge in [-0.3, -0.25) is 4.79 Å². The van der Waals surface area contributed by atoms with Crippen LogP contribution in [0, 0.1) is 13.8 Å². The highest BCUT2D eigenvalue weighted by Gasteiger charge is 2.16. The Bertz CT molecular complexity index is 908. The van der Waals surface area contributed by atoms with Crippen LogP contribution in [0.5, 0.6) is 5.75 Å². The van der Waals surface area contributed by atoms with Crippen LogP contribution >= 0.6 is 0 Å². The third-order valence-electron chi connectivity index (χ3n) is 4.05. The molecule has 1 N–H and O–H groups in total. The van der Waals surface area contributed by atoms with Crippen LogP contribution in [0.25, 0.3) is 10.8 Å². The van der Waals surface area contributed by atoms with Gasteiger partial charge in [-0.05, 0) is 36.8 Å². The molecular weight excluding hydrogens is 316 g/mol. The molecule has 3 rings (SSSR count). The third kappa shape index (κ3) is 3.55. The molecule has 0 fully saturated rings. The quantitative estimate of drug-likeness (QED) is 0.693. The number of ether oxygens (including phenoxy) is 1. The molecule has 128 valence electrons. The largest absolute Gasteiger partial charge is 0.488 e. The van der Waals surface area contributed by atoms with Gasteiger partial charge in [0.25, 0.3) is 5.91 Å². The monoisotopic (exact) mass is 336 g/mol. The lowest BCUT2D eigenvalue weighted by Gasteiger charge is -2.13. The molecule has 0 aliphatic heterocycles. The first-order valence-corrected chi connectivity index (χ1v) is 8.06. The van der Waals surface area contributed by atoms with Gasteiger partial charge in [-0.1, -0.05) is 35.5 Å². The molecule has 0 spiro atoms. The van der Waals surface area contributed by atoms with Crippen LogP contribution in [0.3, 0.4) is 0 Å². The van der Waals surface area contributed by atoms with E-state index in [4.69, 9.17) is 9.26 Å². The number of aromatic nitrogens is 1. The summed E-state index contributed by atoms with van der Waals surface area (Å²) < 4.78 is 11.1. The average Bonchev–Trinajstić information content (AvgIpc) is 2.95. The normalized spacial score (nSPS) is 10.6. The maximum Gasteiger partial charge on any atom is 0.255 e. The number of hydrogen-bond acceptors (Lipinski definition) is 4. The summed E-state index contributed by atoms with van der Waals surface area (Å²) in [7, 11) is 0. The van der Waals surface area contributed by atoms with Crippen molar-refractivity contribution in [2.24, 2.45) is 0 Å². The first kappa shape index (κ1) is 16.8. The Morgan fingerprint density at radius 3 is 2.64 bits per heavy atom. The SMILES string of the molecule is C=CCNC(=O)c1cc2ccccc2cc1OCc1c(C)noc1C. The molecule has 5 heteroatoms. The van der Waals surface area contributed by atoms with Gasteiger partial charge in [-0.2, -0.15) is 0 Å². The molecule has 0 aliphatic carbocycles. The predicted molar refractivity (Wildman–Crippen MR) is 96.8 cm³/mol. The van der Waals surface area contributed by atoms with E-state index < -0.39 is 0 Å². The number of fused-ring (bicyclic) bond motifs is 1. The Kier molecular flexibility index (Phi) is 4.84. The molecule has 1 aromatic heterocycles. The van der Waals surface area contributed by atoms with Crippen LogP contribution in [-0.4, -0.2) is 17.6 Å².